The van der Waals surface area contributed by atoms with Gasteiger partial charge in [0.2, 0.25) is 10.5 Å². The molecule has 0 aromatic heterocycles. The van der Waals surface area contributed by atoms with Crippen LogP contribution in [0.15, 0.2) is 18.2 Å². The molecule has 0 heterocycles. The molecule has 6 nitrogen and oxygen atoms in total. The summed E-state index contributed by atoms with van der Waals surface area (Å²) in [7, 11) is 3.38. The van der Waals surface area contributed by atoms with Crippen molar-refractivity contribution in [3.05, 3.63) is 39.4 Å². The van der Waals surface area contributed by atoms with Gasteiger partial charge in [0.25, 0.3) is 5.69 Å². The fraction of sp³-hybridized carbons (Fsp3) is 0.682. The highest BCUT2D eigenvalue weighted by molar-refractivity contribution is 5.98. The number of benzene rings is 1. The lowest BCUT2D eigenvalue weighted by molar-refractivity contribution is -0.385. The number of rotatable bonds is 9. The first-order valence-electron chi connectivity index (χ1n) is 10.3. The summed E-state index contributed by atoms with van der Waals surface area (Å²) in [6, 6.07) is 4.06. The van der Waals surface area contributed by atoms with Crippen LogP contribution in [-0.2, 0) is 4.43 Å². The fourth-order valence-electron chi connectivity index (χ4n) is 5.58. The SMILES string of the molecule is CC(C)C(C1CC(c2cc([N+](=O)[O-])ccc2C(=O)O)C1)C(O[Si])(C(C)C)C(C)C. The first kappa shape index (κ1) is 23.5. The molecule has 1 saturated carbocycles. The van der Waals surface area contributed by atoms with Crippen LogP contribution < -0.4 is 0 Å². The van der Waals surface area contributed by atoms with Crippen LogP contribution in [0.5, 0.6) is 0 Å². The Kier molecular flexibility index (Phi) is 7.27. The van der Waals surface area contributed by atoms with Gasteiger partial charge >= 0.3 is 5.97 Å². The van der Waals surface area contributed by atoms with Crippen molar-refractivity contribution in [2.75, 3.05) is 0 Å². The van der Waals surface area contributed by atoms with E-state index in [1.54, 1.807) is 0 Å². The predicted octanol–water partition coefficient (Wildman–Crippen LogP) is 5.21. The molecule has 7 heteroatoms. The molecule has 29 heavy (non-hydrogen) atoms. The number of nitrogens with zero attached hydrogens (tertiary/aromatic N) is 1. The lowest BCUT2D eigenvalue weighted by atomic mass is 9.55. The Balaban J connectivity index is 2.36. The maximum atomic E-state index is 11.7. The highest BCUT2D eigenvalue weighted by atomic mass is 28.2. The number of aromatic carboxylic acids is 1. The van der Waals surface area contributed by atoms with E-state index in [9.17, 15) is 20.0 Å². The molecular weight excluding hydrogens is 386 g/mol. The lowest BCUT2D eigenvalue weighted by Gasteiger charge is -2.55. The molecular formula is C22H32NO5Si. The molecule has 1 N–H and O–H groups in total. The third-order valence-corrected chi connectivity index (χ3v) is 7.17. The van der Waals surface area contributed by atoms with Gasteiger partial charge in [-0.25, -0.2) is 4.79 Å². The molecule has 0 aliphatic heterocycles. The summed E-state index contributed by atoms with van der Waals surface area (Å²) in [4.78, 5) is 22.4. The van der Waals surface area contributed by atoms with E-state index in [1.807, 2.05) is 0 Å². The summed E-state index contributed by atoms with van der Waals surface area (Å²) < 4.78 is 6.02. The van der Waals surface area contributed by atoms with Gasteiger partial charge in [-0.2, -0.15) is 0 Å². The van der Waals surface area contributed by atoms with E-state index in [0.29, 0.717) is 29.2 Å². The molecule has 1 unspecified atom stereocenters. The summed E-state index contributed by atoms with van der Waals surface area (Å²) in [5, 5.41) is 20.7. The van der Waals surface area contributed by atoms with Gasteiger partial charge in [0.05, 0.1) is 16.1 Å². The van der Waals surface area contributed by atoms with Crippen LogP contribution in [0.1, 0.15) is 76.2 Å². The second-order valence-electron chi connectivity index (χ2n) is 9.30. The van der Waals surface area contributed by atoms with Gasteiger partial charge in [-0.1, -0.05) is 41.5 Å². The fourth-order valence-corrected chi connectivity index (χ4v) is 6.19. The minimum absolute atomic E-state index is 0.0130. The molecule has 3 radical (unpaired) electrons. The molecule has 2 rings (SSSR count). The van der Waals surface area contributed by atoms with Crippen LogP contribution >= 0.6 is 0 Å². The van der Waals surface area contributed by atoms with E-state index < -0.39 is 10.9 Å². The molecule has 1 aromatic rings. The molecule has 0 bridgehead atoms. The second kappa shape index (κ2) is 8.96. The van der Waals surface area contributed by atoms with Gasteiger partial charge in [-0.15, -0.1) is 0 Å². The normalized spacial score (nSPS) is 20.8. The smallest absolute Gasteiger partial charge is 0.335 e. The van der Waals surface area contributed by atoms with Gasteiger partial charge in [0.1, 0.15) is 0 Å². The number of carboxylic acids is 1. The van der Waals surface area contributed by atoms with Crippen LogP contribution in [0.25, 0.3) is 0 Å². The van der Waals surface area contributed by atoms with Crippen molar-refractivity contribution < 1.29 is 19.3 Å². The van der Waals surface area contributed by atoms with E-state index in [4.69, 9.17) is 4.43 Å². The van der Waals surface area contributed by atoms with Crippen LogP contribution in [0.2, 0.25) is 0 Å². The summed E-state index contributed by atoms with van der Waals surface area (Å²) in [6.07, 6.45) is 1.61. The quantitative estimate of drug-likeness (QED) is 0.338. The molecule has 0 saturated heterocycles. The zero-order valence-electron chi connectivity index (χ0n) is 18.1. The van der Waals surface area contributed by atoms with Crippen molar-refractivity contribution in [1.82, 2.24) is 0 Å². The predicted molar refractivity (Wildman–Crippen MR) is 113 cm³/mol. The second-order valence-corrected chi connectivity index (χ2v) is 9.50. The summed E-state index contributed by atoms with van der Waals surface area (Å²) in [6.45, 7) is 13.1. The monoisotopic (exact) mass is 418 g/mol. The van der Waals surface area contributed by atoms with Gasteiger partial charge in [0, 0.05) is 12.1 Å². The van der Waals surface area contributed by atoms with Crippen molar-refractivity contribution >= 4 is 22.1 Å². The molecule has 1 fully saturated rings. The average Bonchev–Trinajstić information content (AvgIpc) is 2.58. The Bertz CT molecular complexity index is 748. The van der Waals surface area contributed by atoms with Crippen molar-refractivity contribution in [2.45, 2.75) is 65.9 Å². The van der Waals surface area contributed by atoms with Crippen molar-refractivity contribution in [2.24, 2.45) is 29.6 Å². The zero-order chi connectivity index (χ0) is 22.1. The third-order valence-electron chi connectivity index (χ3n) is 6.82. The standard InChI is InChI=1S/C22H32NO5Si/c1-12(2)20(22(28-29,13(3)4)14(5)6)16-9-15(10-16)19-11-17(23(26)27)7-8-18(19)21(24)25/h7-8,11-16,20H,9-10H2,1-6H3,(H,24,25). The van der Waals surface area contributed by atoms with Gasteiger partial charge < -0.3 is 9.53 Å². The molecule has 1 aliphatic carbocycles. The van der Waals surface area contributed by atoms with E-state index in [-0.39, 0.29) is 28.7 Å². The Morgan fingerprint density at radius 2 is 1.76 bits per heavy atom. The van der Waals surface area contributed by atoms with E-state index in [0.717, 1.165) is 12.8 Å². The summed E-state index contributed by atoms with van der Waals surface area (Å²) in [5.41, 5.74) is 0.329. The molecule has 0 spiro atoms. The Morgan fingerprint density at radius 3 is 2.14 bits per heavy atom. The number of nitro groups is 1. The van der Waals surface area contributed by atoms with Crippen LogP contribution in [-0.4, -0.2) is 32.1 Å². The van der Waals surface area contributed by atoms with Crippen molar-refractivity contribution in [3.63, 3.8) is 0 Å². The number of carbonyl (C=O) groups is 1. The topological polar surface area (TPSA) is 89.7 Å². The first-order valence-corrected chi connectivity index (χ1v) is 10.7. The van der Waals surface area contributed by atoms with Crippen molar-refractivity contribution in [1.29, 1.82) is 0 Å². The molecule has 0 amide bonds. The van der Waals surface area contributed by atoms with E-state index in [2.05, 4.69) is 52.0 Å². The first-order chi connectivity index (χ1) is 13.5. The van der Waals surface area contributed by atoms with Crippen LogP contribution in [0.4, 0.5) is 5.69 Å². The van der Waals surface area contributed by atoms with E-state index in [1.165, 1.54) is 18.2 Å². The Labute approximate surface area is 176 Å². The maximum Gasteiger partial charge on any atom is 0.335 e. The minimum atomic E-state index is -1.04. The number of nitro benzene ring substituents is 1. The molecule has 1 aliphatic rings. The van der Waals surface area contributed by atoms with E-state index >= 15 is 0 Å². The number of hydrogen-bond acceptors (Lipinski definition) is 4. The van der Waals surface area contributed by atoms with Gasteiger partial charge in [-0.3, -0.25) is 10.1 Å². The number of hydrogen-bond donors (Lipinski definition) is 1. The van der Waals surface area contributed by atoms with Gasteiger partial charge in [0.15, 0.2) is 0 Å². The lowest BCUT2D eigenvalue weighted by Crippen LogP contribution is -2.56. The van der Waals surface area contributed by atoms with Crippen LogP contribution in [0.3, 0.4) is 0 Å². The number of non-ortho nitro benzene ring substituents is 1. The Hall–Kier alpha value is -1.73. The van der Waals surface area contributed by atoms with Crippen LogP contribution in [0, 0.1) is 39.7 Å². The van der Waals surface area contributed by atoms with Gasteiger partial charge in [-0.05, 0) is 60.0 Å². The molecule has 1 aromatic carbocycles. The molecule has 1 atom stereocenters. The average molecular weight is 419 g/mol. The number of carboxylic acid groups (broad SMARTS) is 1. The summed E-state index contributed by atoms with van der Waals surface area (Å²) in [5.74, 6) is 0.578. The highest BCUT2D eigenvalue weighted by Crippen LogP contribution is 2.55. The highest BCUT2D eigenvalue weighted by Gasteiger charge is 2.52. The zero-order valence-corrected chi connectivity index (χ0v) is 19.1. The Morgan fingerprint density at radius 1 is 1.21 bits per heavy atom. The van der Waals surface area contributed by atoms with Crippen molar-refractivity contribution in [3.8, 4) is 0 Å². The molecule has 159 valence electrons. The third kappa shape index (κ3) is 4.26. The largest absolute Gasteiger partial charge is 0.478 e. The minimum Gasteiger partial charge on any atom is -0.478 e. The summed E-state index contributed by atoms with van der Waals surface area (Å²) >= 11 is 0. The maximum absolute atomic E-state index is 11.7.